The minimum absolute atomic E-state index is 0.00504. The molecule has 2 saturated heterocycles. The first-order valence-corrected chi connectivity index (χ1v) is 15.4. The van der Waals surface area contributed by atoms with E-state index in [4.69, 9.17) is 9.47 Å². The minimum atomic E-state index is -0.591. The molecule has 3 aliphatic heterocycles. The first-order valence-electron chi connectivity index (χ1n) is 15.4. The van der Waals surface area contributed by atoms with Gasteiger partial charge in [-0.3, -0.25) is 14.5 Å². The maximum atomic E-state index is 13.0. The molecule has 2 amide bonds. The van der Waals surface area contributed by atoms with Crippen LogP contribution in [0, 0.1) is 10.8 Å². The Morgan fingerprint density at radius 1 is 0.837 bits per heavy atom. The molecule has 0 spiro atoms. The van der Waals surface area contributed by atoms with Crippen molar-refractivity contribution in [3.63, 3.8) is 0 Å². The molecule has 1 N–H and O–H groups in total. The fourth-order valence-corrected chi connectivity index (χ4v) is 8.29. The molecule has 1 aliphatic carbocycles. The molecular weight excluding hydrogens is 540 g/mol. The van der Waals surface area contributed by atoms with Crippen molar-refractivity contribution >= 4 is 17.5 Å². The maximum absolute atomic E-state index is 13.0. The van der Waals surface area contributed by atoms with E-state index in [9.17, 15) is 14.7 Å². The van der Waals surface area contributed by atoms with Gasteiger partial charge in [-0.2, -0.15) is 0 Å². The summed E-state index contributed by atoms with van der Waals surface area (Å²) < 4.78 is 13.2. The summed E-state index contributed by atoms with van der Waals surface area (Å²) in [5.74, 6) is -0.615. The molecule has 43 heavy (non-hydrogen) atoms. The Kier molecular flexibility index (Phi) is 7.05. The van der Waals surface area contributed by atoms with Gasteiger partial charge in [0.1, 0.15) is 0 Å². The van der Waals surface area contributed by atoms with Gasteiger partial charge >= 0.3 is 0 Å². The van der Waals surface area contributed by atoms with Crippen molar-refractivity contribution in [2.45, 2.75) is 77.6 Å². The number of ether oxygens (including phenoxy) is 2. The summed E-state index contributed by atoms with van der Waals surface area (Å²) in [5, 5.41) is 9.55. The summed E-state index contributed by atoms with van der Waals surface area (Å²) >= 11 is 0. The van der Waals surface area contributed by atoms with Crippen LogP contribution in [0.5, 0.6) is 0 Å². The first kappa shape index (κ1) is 28.4. The summed E-state index contributed by atoms with van der Waals surface area (Å²) in [6.45, 7) is 9.20. The third-order valence-corrected chi connectivity index (χ3v) is 9.79. The van der Waals surface area contributed by atoms with Crippen molar-refractivity contribution in [3.05, 3.63) is 101 Å². The molecule has 0 aromatic heterocycles. The predicted octanol–water partition coefficient (Wildman–Crippen LogP) is 6.43. The number of hydrogen-bond donors (Lipinski definition) is 1. The van der Waals surface area contributed by atoms with Gasteiger partial charge in [0.15, 0.2) is 6.29 Å². The van der Waals surface area contributed by atoms with E-state index in [2.05, 4.69) is 25.7 Å². The number of amides is 2. The Morgan fingerprint density at radius 2 is 1.49 bits per heavy atom. The summed E-state index contributed by atoms with van der Waals surface area (Å²) in [7, 11) is 0. The number of hydrogen-bond acceptors (Lipinski definition) is 6. The van der Waals surface area contributed by atoms with Crippen LogP contribution in [0.1, 0.15) is 96.3 Å². The standard InChI is InChI=1S/C36H40N2O5/c1-35(2)17-27-18-36(3,21-35)22-37(27)19-28-16-31(24-10-8-23(20-39)9-11-24)43-34(42-28)25-12-14-26(15-13-25)38-32(40)29-6-4-5-7-30(29)33(38)41/h4-15,27-28,31,34,39H,16-22H2,1-3H3/t27?,28-,31+,34+,36?/m1/s1. The average Bonchev–Trinajstić information content (AvgIpc) is 3.39. The summed E-state index contributed by atoms with van der Waals surface area (Å²) in [5.41, 5.74) is 4.85. The number of carbonyl (C=O) groups is 2. The largest absolute Gasteiger partial charge is 0.392 e. The number of aliphatic hydroxyl groups excluding tert-OH is 1. The van der Waals surface area contributed by atoms with Gasteiger partial charge in [-0.1, -0.05) is 69.3 Å². The average molecular weight is 581 g/mol. The highest BCUT2D eigenvalue weighted by atomic mass is 16.7. The Morgan fingerprint density at radius 3 is 2.14 bits per heavy atom. The van der Waals surface area contributed by atoms with Crippen LogP contribution in [-0.2, 0) is 16.1 Å². The Hall–Kier alpha value is -3.36. The van der Waals surface area contributed by atoms with E-state index in [-0.39, 0.29) is 30.6 Å². The Balaban J connectivity index is 1.13. The molecule has 1 saturated carbocycles. The van der Waals surface area contributed by atoms with Gasteiger partial charge in [0.2, 0.25) is 0 Å². The van der Waals surface area contributed by atoms with Crippen LogP contribution >= 0.6 is 0 Å². The van der Waals surface area contributed by atoms with Gasteiger partial charge in [-0.25, -0.2) is 4.90 Å². The number of aliphatic hydroxyl groups is 1. The molecule has 3 aromatic rings. The third kappa shape index (κ3) is 5.33. The molecule has 5 atom stereocenters. The fourth-order valence-electron chi connectivity index (χ4n) is 8.29. The number of imide groups is 1. The lowest BCUT2D eigenvalue weighted by atomic mass is 9.65. The van der Waals surface area contributed by atoms with Gasteiger partial charge in [0.05, 0.1) is 35.6 Å². The molecule has 2 bridgehead atoms. The predicted molar refractivity (Wildman–Crippen MR) is 164 cm³/mol. The second kappa shape index (κ2) is 10.7. The van der Waals surface area contributed by atoms with Crippen LogP contribution in [0.25, 0.3) is 0 Å². The van der Waals surface area contributed by atoms with E-state index in [1.807, 2.05) is 36.4 Å². The van der Waals surface area contributed by atoms with E-state index in [0.29, 0.717) is 33.7 Å². The monoisotopic (exact) mass is 580 g/mol. The molecule has 0 radical (unpaired) electrons. The third-order valence-electron chi connectivity index (χ3n) is 9.79. The lowest BCUT2D eigenvalue weighted by Gasteiger charge is -2.41. The van der Waals surface area contributed by atoms with Crippen LogP contribution in [0.3, 0.4) is 0 Å². The lowest BCUT2D eigenvalue weighted by Crippen LogP contribution is -2.42. The zero-order valence-corrected chi connectivity index (χ0v) is 25.2. The molecule has 2 unspecified atom stereocenters. The topological polar surface area (TPSA) is 79.3 Å². The quantitative estimate of drug-likeness (QED) is 0.339. The van der Waals surface area contributed by atoms with E-state index in [0.717, 1.165) is 36.2 Å². The molecule has 3 aromatic carbocycles. The number of benzene rings is 3. The van der Waals surface area contributed by atoms with Crippen molar-refractivity contribution in [2.24, 2.45) is 10.8 Å². The van der Waals surface area contributed by atoms with Crippen LogP contribution in [0.2, 0.25) is 0 Å². The molecule has 4 aliphatic rings. The van der Waals surface area contributed by atoms with Crippen LogP contribution in [0.4, 0.5) is 5.69 Å². The van der Waals surface area contributed by atoms with Crippen molar-refractivity contribution in [2.75, 3.05) is 18.0 Å². The van der Waals surface area contributed by atoms with E-state index >= 15 is 0 Å². The number of nitrogens with zero attached hydrogens (tertiary/aromatic N) is 2. The number of rotatable bonds is 6. The minimum Gasteiger partial charge on any atom is -0.392 e. The number of carbonyl (C=O) groups excluding carboxylic acids is 2. The maximum Gasteiger partial charge on any atom is 0.266 e. The second-order valence-electron chi connectivity index (χ2n) is 14.1. The van der Waals surface area contributed by atoms with Gasteiger partial charge in [0.25, 0.3) is 11.8 Å². The smallest absolute Gasteiger partial charge is 0.266 e. The van der Waals surface area contributed by atoms with E-state index < -0.39 is 6.29 Å². The van der Waals surface area contributed by atoms with Crippen LogP contribution in [-0.4, -0.2) is 47.1 Å². The number of fused-ring (bicyclic) bond motifs is 3. The molecule has 3 heterocycles. The highest BCUT2D eigenvalue weighted by Gasteiger charge is 2.50. The molecule has 224 valence electrons. The van der Waals surface area contributed by atoms with E-state index in [1.165, 1.54) is 24.2 Å². The lowest BCUT2D eigenvalue weighted by molar-refractivity contribution is -0.253. The van der Waals surface area contributed by atoms with Crippen molar-refractivity contribution in [1.82, 2.24) is 4.90 Å². The van der Waals surface area contributed by atoms with Crippen LogP contribution < -0.4 is 4.90 Å². The zero-order valence-electron chi connectivity index (χ0n) is 25.2. The Bertz CT molecular complexity index is 1500. The van der Waals surface area contributed by atoms with Gasteiger partial charge in [-0.05, 0) is 65.5 Å². The molecular formula is C36H40N2O5. The van der Waals surface area contributed by atoms with Gasteiger partial charge in [-0.15, -0.1) is 0 Å². The van der Waals surface area contributed by atoms with Crippen molar-refractivity contribution in [3.8, 4) is 0 Å². The summed E-state index contributed by atoms with van der Waals surface area (Å²) in [6, 6.07) is 22.8. The summed E-state index contributed by atoms with van der Waals surface area (Å²) in [6.07, 6.45) is 3.67. The highest BCUT2D eigenvalue weighted by Crippen LogP contribution is 2.53. The second-order valence-corrected chi connectivity index (χ2v) is 14.1. The number of likely N-dealkylation sites (tertiary alicyclic amines) is 1. The fraction of sp³-hybridized carbons (Fsp3) is 0.444. The summed E-state index contributed by atoms with van der Waals surface area (Å²) in [4.78, 5) is 29.9. The molecule has 7 nitrogen and oxygen atoms in total. The van der Waals surface area contributed by atoms with E-state index in [1.54, 1.807) is 36.4 Å². The van der Waals surface area contributed by atoms with Gasteiger partial charge in [0, 0.05) is 31.1 Å². The first-order chi connectivity index (χ1) is 20.6. The SMILES string of the molecule is CC1(C)CC2CC(C)(CN2C[C@H]2C[C@@H](c3ccc(CO)cc3)O[C@@H](c3ccc(N4C(=O)c5ccccc5C4=O)cc3)O2)C1. The Labute approximate surface area is 253 Å². The highest BCUT2D eigenvalue weighted by molar-refractivity contribution is 6.34. The number of anilines is 1. The van der Waals surface area contributed by atoms with Gasteiger partial charge < -0.3 is 14.6 Å². The molecule has 7 rings (SSSR count). The zero-order chi connectivity index (χ0) is 29.9. The van der Waals surface area contributed by atoms with Crippen LogP contribution in [0.15, 0.2) is 72.8 Å². The molecule has 7 heteroatoms. The van der Waals surface area contributed by atoms with Crippen molar-refractivity contribution in [1.29, 1.82) is 0 Å². The normalized spacial score (nSPS) is 30.1. The molecule has 3 fully saturated rings. The van der Waals surface area contributed by atoms with Crippen molar-refractivity contribution < 1.29 is 24.2 Å².